The zero-order chi connectivity index (χ0) is 14.1. The van der Waals surface area contributed by atoms with Gasteiger partial charge in [-0.2, -0.15) is 8.42 Å². The molecule has 0 aliphatic rings. The van der Waals surface area contributed by atoms with E-state index in [1.165, 1.54) is 17.7 Å². The number of allylic oxidation sites excluding steroid dienone is 1. The van der Waals surface area contributed by atoms with Gasteiger partial charge in [0, 0.05) is 0 Å². The van der Waals surface area contributed by atoms with Gasteiger partial charge in [-0.15, -0.1) is 6.58 Å². The van der Waals surface area contributed by atoms with Crippen molar-refractivity contribution in [1.82, 2.24) is 0 Å². The molecule has 19 heavy (non-hydrogen) atoms. The van der Waals surface area contributed by atoms with Gasteiger partial charge in [0.25, 0.3) is 10.1 Å². The van der Waals surface area contributed by atoms with Crippen LogP contribution in [0.15, 0.2) is 78.2 Å². The van der Waals surface area contributed by atoms with Crippen LogP contribution in [0, 0.1) is 0 Å². The first kappa shape index (κ1) is 15.1. The van der Waals surface area contributed by atoms with Gasteiger partial charge < -0.3 is 0 Å². The predicted molar refractivity (Wildman–Crippen MR) is 76.6 cm³/mol. The number of benzene rings is 2. The minimum absolute atomic E-state index is 0.0741. The van der Waals surface area contributed by atoms with E-state index >= 15 is 0 Å². The molecule has 2 aromatic rings. The van der Waals surface area contributed by atoms with Gasteiger partial charge in [0.15, 0.2) is 0 Å². The zero-order valence-electron chi connectivity index (χ0n) is 10.4. The fourth-order valence-electron chi connectivity index (χ4n) is 1.37. The van der Waals surface area contributed by atoms with E-state index < -0.39 is 10.1 Å². The number of rotatable bonds is 3. The molecule has 0 saturated heterocycles. The second-order valence-corrected chi connectivity index (χ2v) is 5.19. The predicted octanol–water partition coefficient (Wildman–Crippen LogP) is 3.35. The lowest BCUT2D eigenvalue weighted by Gasteiger charge is -1.92. The standard InChI is InChI=1S/C9H10.C6H6O3S/c1-2-6-9-7-4-3-5-8-9;7-10(8,9)6-4-2-1-3-5-6/h2-5,7-8H,1,6H2;1-5H,(H,7,8,9). The average Bonchev–Trinajstić information content (AvgIpc) is 2.41. The molecular weight excluding hydrogens is 260 g/mol. The Labute approximate surface area is 114 Å². The Morgan fingerprint density at radius 3 is 1.79 bits per heavy atom. The summed E-state index contributed by atoms with van der Waals surface area (Å²) in [4.78, 5) is -0.0741. The van der Waals surface area contributed by atoms with Crippen LogP contribution >= 0.6 is 0 Å². The van der Waals surface area contributed by atoms with E-state index in [-0.39, 0.29) is 4.90 Å². The van der Waals surface area contributed by atoms with E-state index in [1.54, 1.807) is 18.2 Å². The largest absolute Gasteiger partial charge is 0.294 e. The smallest absolute Gasteiger partial charge is 0.282 e. The molecule has 100 valence electrons. The summed E-state index contributed by atoms with van der Waals surface area (Å²) >= 11 is 0. The van der Waals surface area contributed by atoms with Crippen LogP contribution < -0.4 is 0 Å². The van der Waals surface area contributed by atoms with Gasteiger partial charge in [-0.25, -0.2) is 0 Å². The minimum atomic E-state index is -4.00. The lowest BCUT2D eigenvalue weighted by molar-refractivity contribution is 0.483. The average molecular weight is 276 g/mol. The van der Waals surface area contributed by atoms with Crippen LogP contribution in [-0.4, -0.2) is 13.0 Å². The third-order valence-corrected chi connectivity index (χ3v) is 3.13. The van der Waals surface area contributed by atoms with Crippen molar-refractivity contribution in [3.05, 3.63) is 78.9 Å². The molecule has 0 aliphatic carbocycles. The van der Waals surface area contributed by atoms with Crippen molar-refractivity contribution in [2.24, 2.45) is 0 Å². The Bertz CT molecular complexity index is 590. The summed E-state index contributed by atoms with van der Waals surface area (Å²) in [5.74, 6) is 0. The van der Waals surface area contributed by atoms with Crippen molar-refractivity contribution in [3.8, 4) is 0 Å². The van der Waals surface area contributed by atoms with Gasteiger partial charge in [-0.05, 0) is 24.1 Å². The molecular formula is C15H16O3S. The maximum absolute atomic E-state index is 10.4. The van der Waals surface area contributed by atoms with Crippen LogP contribution in [0.5, 0.6) is 0 Å². The quantitative estimate of drug-likeness (QED) is 0.691. The summed E-state index contributed by atoms with van der Waals surface area (Å²) < 4.78 is 29.2. The second kappa shape index (κ2) is 7.51. The molecule has 0 aliphatic heterocycles. The van der Waals surface area contributed by atoms with Crippen molar-refractivity contribution < 1.29 is 13.0 Å². The van der Waals surface area contributed by atoms with Crippen LogP contribution in [0.3, 0.4) is 0 Å². The molecule has 0 saturated carbocycles. The Balaban J connectivity index is 0.000000191. The molecule has 0 amide bonds. The SMILES string of the molecule is C=CCc1ccccc1.O=S(=O)(O)c1ccccc1. The van der Waals surface area contributed by atoms with Crippen molar-refractivity contribution in [2.75, 3.05) is 0 Å². The number of hydrogen-bond acceptors (Lipinski definition) is 2. The molecule has 0 unspecified atom stereocenters. The Kier molecular flexibility index (Phi) is 5.99. The minimum Gasteiger partial charge on any atom is -0.282 e. The van der Waals surface area contributed by atoms with E-state index in [4.69, 9.17) is 4.55 Å². The van der Waals surface area contributed by atoms with Crippen molar-refractivity contribution >= 4 is 10.1 Å². The molecule has 0 spiro atoms. The highest BCUT2D eigenvalue weighted by molar-refractivity contribution is 7.85. The van der Waals surface area contributed by atoms with E-state index in [2.05, 4.69) is 18.7 Å². The van der Waals surface area contributed by atoms with E-state index in [1.807, 2.05) is 24.3 Å². The third kappa shape index (κ3) is 5.99. The van der Waals surface area contributed by atoms with Crippen LogP contribution in [0.2, 0.25) is 0 Å². The van der Waals surface area contributed by atoms with Gasteiger partial charge in [0.05, 0.1) is 4.90 Å². The molecule has 4 heteroatoms. The molecule has 0 radical (unpaired) electrons. The molecule has 0 atom stereocenters. The lowest BCUT2D eigenvalue weighted by atomic mass is 10.2. The highest BCUT2D eigenvalue weighted by Crippen LogP contribution is 2.05. The van der Waals surface area contributed by atoms with Gasteiger partial charge >= 0.3 is 0 Å². The van der Waals surface area contributed by atoms with E-state index in [0.29, 0.717) is 0 Å². The van der Waals surface area contributed by atoms with Crippen LogP contribution in [0.1, 0.15) is 5.56 Å². The molecule has 0 aromatic heterocycles. The number of hydrogen-bond donors (Lipinski definition) is 1. The maximum Gasteiger partial charge on any atom is 0.294 e. The topological polar surface area (TPSA) is 54.4 Å². The summed E-state index contributed by atoms with van der Waals surface area (Å²) in [6, 6.07) is 17.7. The summed E-state index contributed by atoms with van der Waals surface area (Å²) in [5.41, 5.74) is 1.33. The van der Waals surface area contributed by atoms with E-state index in [9.17, 15) is 8.42 Å². The van der Waals surface area contributed by atoms with Crippen molar-refractivity contribution in [3.63, 3.8) is 0 Å². The fraction of sp³-hybridized carbons (Fsp3) is 0.0667. The van der Waals surface area contributed by atoms with Gasteiger partial charge in [-0.3, -0.25) is 4.55 Å². The molecule has 3 nitrogen and oxygen atoms in total. The van der Waals surface area contributed by atoms with Crippen molar-refractivity contribution in [1.29, 1.82) is 0 Å². The Hall–Kier alpha value is -1.91. The van der Waals surface area contributed by atoms with Crippen LogP contribution in [-0.2, 0) is 16.5 Å². The first-order valence-electron chi connectivity index (χ1n) is 5.71. The highest BCUT2D eigenvalue weighted by atomic mass is 32.2. The summed E-state index contributed by atoms with van der Waals surface area (Å²) in [5, 5.41) is 0. The van der Waals surface area contributed by atoms with Gasteiger partial charge in [0.1, 0.15) is 0 Å². The lowest BCUT2D eigenvalue weighted by Crippen LogP contribution is -1.96. The normalized spacial score (nSPS) is 10.2. The molecule has 0 fully saturated rings. The van der Waals surface area contributed by atoms with Crippen molar-refractivity contribution in [2.45, 2.75) is 11.3 Å². The fourth-order valence-corrected chi connectivity index (χ4v) is 1.87. The van der Waals surface area contributed by atoms with Gasteiger partial charge in [-0.1, -0.05) is 54.6 Å². The first-order chi connectivity index (χ1) is 9.04. The second-order valence-electron chi connectivity index (χ2n) is 3.77. The highest BCUT2D eigenvalue weighted by Gasteiger charge is 2.05. The summed E-state index contributed by atoms with van der Waals surface area (Å²) in [7, 11) is -4.00. The first-order valence-corrected chi connectivity index (χ1v) is 7.15. The molecule has 2 aromatic carbocycles. The zero-order valence-corrected chi connectivity index (χ0v) is 11.3. The monoisotopic (exact) mass is 276 g/mol. The maximum atomic E-state index is 10.4. The van der Waals surface area contributed by atoms with Gasteiger partial charge in [0.2, 0.25) is 0 Å². The van der Waals surface area contributed by atoms with Crippen LogP contribution in [0.25, 0.3) is 0 Å². The molecule has 1 N–H and O–H groups in total. The molecule has 0 heterocycles. The molecule has 0 bridgehead atoms. The third-order valence-electron chi connectivity index (χ3n) is 2.26. The Morgan fingerprint density at radius 1 is 0.947 bits per heavy atom. The summed E-state index contributed by atoms with van der Waals surface area (Å²) in [6.07, 6.45) is 2.89. The summed E-state index contributed by atoms with van der Waals surface area (Å²) in [6.45, 7) is 3.66. The Morgan fingerprint density at radius 2 is 1.42 bits per heavy atom. The molecule has 2 rings (SSSR count). The van der Waals surface area contributed by atoms with E-state index in [0.717, 1.165) is 6.42 Å². The van der Waals surface area contributed by atoms with Crippen LogP contribution in [0.4, 0.5) is 0 Å².